The normalized spacial score (nSPS) is 22.3. The minimum atomic E-state index is 0.688. The van der Waals surface area contributed by atoms with Crippen LogP contribution in [0.2, 0.25) is 0 Å². The second-order valence-corrected chi connectivity index (χ2v) is 6.10. The Morgan fingerprint density at radius 3 is 2.53 bits per heavy atom. The number of nitrogens with one attached hydrogen (secondary N) is 1. The molecule has 0 bridgehead atoms. The summed E-state index contributed by atoms with van der Waals surface area (Å²) >= 11 is 0. The van der Waals surface area contributed by atoms with Crippen LogP contribution in [0.15, 0.2) is 0 Å². The van der Waals surface area contributed by atoms with E-state index in [1.807, 2.05) is 0 Å². The maximum absolute atomic E-state index is 5.73. The first-order valence-corrected chi connectivity index (χ1v) is 7.71. The summed E-state index contributed by atoms with van der Waals surface area (Å²) < 4.78 is 0. The molecule has 1 aliphatic heterocycles. The van der Waals surface area contributed by atoms with E-state index in [0.29, 0.717) is 5.92 Å². The molecule has 2 aliphatic rings. The molecule has 0 radical (unpaired) electrons. The topological polar surface area (TPSA) is 70.8 Å². The number of nitrogens with zero attached hydrogens (tertiary/aromatic N) is 3. The largest absolute Gasteiger partial charge is 0.340 e. The first kappa shape index (κ1) is 12.9. The molecule has 0 spiro atoms. The van der Waals surface area contributed by atoms with Crippen LogP contribution in [0.3, 0.4) is 0 Å². The van der Waals surface area contributed by atoms with Gasteiger partial charge in [-0.2, -0.15) is 4.98 Å². The summed E-state index contributed by atoms with van der Waals surface area (Å²) in [6.07, 6.45) is 8.91. The zero-order valence-electron chi connectivity index (χ0n) is 11.6. The minimum Gasteiger partial charge on any atom is -0.340 e. The number of H-pyrrole nitrogens is 1. The second kappa shape index (κ2) is 5.90. The number of rotatable bonds is 4. The molecule has 19 heavy (non-hydrogen) atoms. The lowest BCUT2D eigenvalue weighted by molar-refractivity contribution is 0.411. The van der Waals surface area contributed by atoms with Crippen molar-refractivity contribution in [2.45, 2.75) is 44.9 Å². The third kappa shape index (κ3) is 3.08. The molecule has 2 fully saturated rings. The van der Waals surface area contributed by atoms with Crippen molar-refractivity contribution in [3.63, 3.8) is 0 Å². The first-order chi connectivity index (χ1) is 9.35. The Balaban J connectivity index is 1.55. The molecule has 1 saturated heterocycles. The van der Waals surface area contributed by atoms with Gasteiger partial charge in [0.25, 0.3) is 0 Å². The van der Waals surface area contributed by atoms with Gasteiger partial charge in [-0.1, -0.05) is 25.7 Å². The van der Waals surface area contributed by atoms with Crippen molar-refractivity contribution in [1.82, 2.24) is 15.2 Å². The molecule has 0 unspecified atom stereocenters. The Morgan fingerprint density at radius 1 is 1.11 bits per heavy atom. The highest BCUT2D eigenvalue weighted by atomic mass is 15.4. The van der Waals surface area contributed by atoms with Gasteiger partial charge in [0.15, 0.2) is 0 Å². The maximum atomic E-state index is 5.73. The van der Waals surface area contributed by atoms with Crippen LogP contribution < -0.4 is 10.6 Å². The average molecular weight is 263 g/mol. The highest BCUT2D eigenvalue weighted by Gasteiger charge is 2.22. The van der Waals surface area contributed by atoms with E-state index in [1.54, 1.807) is 0 Å². The third-order valence-corrected chi connectivity index (χ3v) is 4.71. The molecule has 0 amide bonds. The molecule has 1 saturated carbocycles. The summed E-state index contributed by atoms with van der Waals surface area (Å²) in [6, 6.07) is 0. The summed E-state index contributed by atoms with van der Waals surface area (Å²) in [4.78, 5) is 6.97. The number of aromatic nitrogens is 3. The van der Waals surface area contributed by atoms with Gasteiger partial charge < -0.3 is 10.6 Å². The van der Waals surface area contributed by atoms with Gasteiger partial charge in [-0.15, -0.1) is 5.10 Å². The molecule has 0 aromatic carbocycles. The second-order valence-electron chi connectivity index (χ2n) is 6.10. The van der Waals surface area contributed by atoms with Crippen LogP contribution in [-0.2, 0) is 6.42 Å². The van der Waals surface area contributed by atoms with Crippen LogP contribution in [0.1, 0.15) is 44.3 Å². The van der Waals surface area contributed by atoms with Gasteiger partial charge in [-0.05, 0) is 31.2 Å². The predicted molar refractivity (Wildman–Crippen MR) is 76.0 cm³/mol. The van der Waals surface area contributed by atoms with E-state index in [0.717, 1.165) is 43.7 Å². The molecule has 3 N–H and O–H groups in total. The molecule has 5 nitrogen and oxygen atoms in total. The highest BCUT2D eigenvalue weighted by molar-refractivity contribution is 5.29. The van der Waals surface area contributed by atoms with Crippen molar-refractivity contribution < 1.29 is 0 Å². The Labute approximate surface area is 115 Å². The SMILES string of the molecule is NCC1CCN(c2n[nH]c(CC3CCCC3)n2)CC1. The molecule has 1 aliphatic carbocycles. The maximum Gasteiger partial charge on any atom is 0.244 e. The third-order valence-electron chi connectivity index (χ3n) is 4.71. The number of anilines is 1. The van der Waals surface area contributed by atoms with Gasteiger partial charge in [0.05, 0.1) is 0 Å². The van der Waals surface area contributed by atoms with Gasteiger partial charge in [0.2, 0.25) is 5.95 Å². The zero-order chi connectivity index (χ0) is 13.1. The fraction of sp³-hybridized carbons (Fsp3) is 0.857. The van der Waals surface area contributed by atoms with Crippen molar-refractivity contribution in [3.8, 4) is 0 Å². The summed E-state index contributed by atoms with van der Waals surface area (Å²) in [5.41, 5.74) is 5.73. The van der Waals surface area contributed by atoms with E-state index in [2.05, 4.69) is 20.1 Å². The molecular weight excluding hydrogens is 238 g/mol. The fourth-order valence-electron chi connectivity index (χ4n) is 3.37. The number of hydrogen-bond acceptors (Lipinski definition) is 4. The summed E-state index contributed by atoms with van der Waals surface area (Å²) in [5, 5.41) is 7.52. The van der Waals surface area contributed by atoms with Crippen molar-refractivity contribution in [2.24, 2.45) is 17.6 Å². The quantitative estimate of drug-likeness (QED) is 0.867. The van der Waals surface area contributed by atoms with Crippen LogP contribution in [0.5, 0.6) is 0 Å². The van der Waals surface area contributed by atoms with Crippen LogP contribution in [0, 0.1) is 11.8 Å². The van der Waals surface area contributed by atoms with E-state index in [-0.39, 0.29) is 0 Å². The number of aromatic amines is 1. The van der Waals surface area contributed by atoms with Crippen LogP contribution in [0.25, 0.3) is 0 Å². The Morgan fingerprint density at radius 2 is 1.84 bits per heavy atom. The van der Waals surface area contributed by atoms with Crippen molar-refractivity contribution in [1.29, 1.82) is 0 Å². The summed E-state index contributed by atoms with van der Waals surface area (Å²) in [5.74, 6) is 3.48. The minimum absolute atomic E-state index is 0.688. The van der Waals surface area contributed by atoms with Gasteiger partial charge in [0, 0.05) is 19.5 Å². The van der Waals surface area contributed by atoms with Gasteiger partial charge in [-0.25, -0.2) is 0 Å². The molecule has 0 atom stereocenters. The molecule has 3 rings (SSSR count). The van der Waals surface area contributed by atoms with E-state index in [1.165, 1.54) is 38.5 Å². The van der Waals surface area contributed by atoms with Crippen molar-refractivity contribution >= 4 is 5.95 Å². The van der Waals surface area contributed by atoms with Crippen molar-refractivity contribution in [3.05, 3.63) is 5.82 Å². The standard InChI is InChI=1S/C14H25N5/c15-10-12-5-7-19(8-6-12)14-16-13(17-18-14)9-11-3-1-2-4-11/h11-12H,1-10,15H2,(H,16,17,18). The summed E-state index contributed by atoms with van der Waals surface area (Å²) in [7, 11) is 0. The van der Waals surface area contributed by atoms with Gasteiger partial charge in [-0.3, -0.25) is 5.10 Å². The lowest BCUT2D eigenvalue weighted by Gasteiger charge is -2.30. The average Bonchev–Trinajstić information content (AvgIpc) is 3.11. The lowest BCUT2D eigenvalue weighted by Crippen LogP contribution is -2.36. The number of hydrogen-bond donors (Lipinski definition) is 2. The van der Waals surface area contributed by atoms with Gasteiger partial charge >= 0.3 is 0 Å². The van der Waals surface area contributed by atoms with E-state index in [4.69, 9.17) is 5.73 Å². The van der Waals surface area contributed by atoms with Crippen LogP contribution in [-0.4, -0.2) is 34.8 Å². The van der Waals surface area contributed by atoms with Crippen LogP contribution >= 0.6 is 0 Å². The molecule has 106 valence electrons. The molecule has 1 aromatic heterocycles. The van der Waals surface area contributed by atoms with Gasteiger partial charge in [0.1, 0.15) is 5.82 Å². The fourth-order valence-corrected chi connectivity index (χ4v) is 3.37. The Hall–Kier alpha value is -1.10. The predicted octanol–water partition coefficient (Wildman–Crippen LogP) is 1.71. The van der Waals surface area contributed by atoms with Crippen LogP contribution in [0.4, 0.5) is 5.95 Å². The Bertz CT molecular complexity index is 388. The van der Waals surface area contributed by atoms with E-state index < -0.39 is 0 Å². The highest BCUT2D eigenvalue weighted by Crippen LogP contribution is 2.27. The Kier molecular flexibility index (Phi) is 4.01. The number of piperidine rings is 1. The zero-order valence-corrected chi connectivity index (χ0v) is 11.6. The number of nitrogens with two attached hydrogens (primary N) is 1. The smallest absolute Gasteiger partial charge is 0.244 e. The lowest BCUT2D eigenvalue weighted by atomic mass is 9.97. The summed E-state index contributed by atoms with van der Waals surface area (Å²) in [6.45, 7) is 2.90. The van der Waals surface area contributed by atoms with E-state index >= 15 is 0 Å². The monoisotopic (exact) mass is 263 g/mol. The molecule has 1 aromatic rings. The molecule has 2 heterocycles. The van der Waals surface area contributed by atoms with E-state index in [9.17, 15) is 0 Å². The molecular formula is C14H25N5. The van der Waals surface area contributed by atoms with Crippen molar-refractivity contribution in [2.75, 3.05) is 24.5 Å². The molecule has 5 heteroatoms. The first-order valence-electron chi connectivity index (χ1n) is 7.71.